The van der Waals surface area contributed by atoms with Crippen molar-refractivity contribution < 1.29 is 9.59 Å². The number of nitrogens with zero attached hydrogens (tertiary/aromatic N) is 4. The third-order valence-corrected chi connectivity index (χ3v) is 6.05. The number of rotatable bonds is 4. The number of carbonyl (C=O) groups excluding carboxylic acids is 2. The summed E-state index contributed by atoms with van der Waals surface area (Å²) in [5.74, 6) is 0.123. The summed E-state index contributed by atoms with van der Waals surface area (Å²) in [6.07, 6.45) is 1.81. The first-order valence-electron chi connectivity index (χ1n) is 10.8. The highest BCUT2D eigenvalue weighted by molar-refractivity contribution is 5.95. The largest absolute Gasteiger partial charge is 0.368 e. The first kappa shape index (κ1) is 20.0. The van der Waals surface area contributed by atoms with Crippen LogP contribution in [-0.2, 0) is 0 Å². The van der Waals surface area contributed by atoms with Crippen LogP contribution in [0.5, 0.6) is 0 Å². The molecule has 1 aliphatic heterocycles. The van der Waals surface area contributed by atoms with E-state index in [9.17, 15) is 9.59 Å². The molecule has 1 aromatic heterocycles. The average Bonchev–Trinajstić information content (AvgIpc) is 3.28. The predicted molar refractivity (Wildman–Crippen MR) is 126 cm³/mol. The van der Waals surface area contributed by atoms with Crippen molar-refractivity contribution in [2.45, 2.75) is 6.92 Å². The lowest BCUT2D eigenvalue weighted by atomic mass is 10.1. The summed E-state index contributed by atoms with van der Waals surface area (Å²) in [6.45, 7) is 4.44. The molecule has 0 N–H and O–H groups in total. The number of fused-ring (bicyclic) bond motifs is 1. The molecular weight excluding hydrogens is 400 g/mol. The first-order chi connectivity index (χ1) is 15.6. The monoisotopic (exact) mass is 424 g/mol. The number of amides is 1. The Hall–Kier alpha value is -3.93. The zero-order chi connectivity index (χ0) is 22.1. The van der Waals surface area contributed by atoms with E-state index in [0.29, 0.717) is 18.7 Å². The molecule has 6 nitrogen and oxygen atoms in total. The molecule has 6 heteroatoms. The van der Waals surface area contributed by atoms with Gasteiger partial charge in [-0.05, 0) is 67.6 Å². The molecule has 1 amide bonds. The van der Waals surface area contributed by atoms with E-state index in [-0.39, 0.29) is 11.7 Å². The number of carbonyl (C=O) groups is 2. The van der Waals surface area contributed by atoms with Gasteiger partial charge in [-0.25, -0.2) is 4.98 Å². The number of imidazole rings is 1. The van der Waals surface area contributed by atoms with E-state index in [2.05, 4.69) is 9.88 Å². The van der Waals surface area contributed by atoms with Crippen molar-refractivity contribution in [3.8, 4) is 5.69 Å². The maximum absolute atomic E-state index is 13.0. The fourth-order valence-electron chi connectivity index (χ4n) is 4.19. The Balaban J connectivity index is 1.25. The summed E-state index contributed by atoms with van der Waals surface area (Å²) in [5, 5.41) is 0. The average molecular weight is 425 g/mol. The second-order valence-corrected chi connectivity index (χ2v) is 8.03. The molecule has 0 saturated carbocycles. The van der Waals surface area contributed by atoms with Crippen LogP contribution in [0, 0.1) is 0 Å². The maximum atomic E-state index is 13.0. The van der Waals surface area contributed by atoms with Gasteiger partial charge in [0.2, 0.25) is 0 Å². The van der Waals surface area contributed by atoms with Crippen LogP contribution in [0.25, 0.3) is 16.7 Å². The van der Waals surface area contributed by atoms with Crippen LogP contribution < -0.4 is 4.90 Å². The summed E-state index contributed by atoms with van der Waals surface area (Å²) in [6, 6.07) is 23.4. The lowest BCUT2D eigenvalue weighted by molar-refractivity contribution is 0.0746. The molecule has 32 heavy (non-hydrogen) atoms. The highest BCUT2D eigenvalue weighted by atomic mass is 16.2. The topological polar surface area (TPSA) is 58.4 Å². The van der Waals surface area contributed by atoms with E-state index in [1.807, 2.05) is 88.6 Å². The van der Waals surface area contributed by atoms with Gasteiger partial charge in [-0.15, -0.1) is 0 Å². The van der Waals surface area contributed by atoms with Crippen molar-refractivity contribution in [2.24, 2.45) is 0 Å². The molecule has 1 saturated heterocycles. The van der Waals surface area contributed by atoms with E-state index in [0.717, 1.165) is 41.1 Å². The van der Waals surface area contributed by atoms with Crippen molar-refractivity contribution in [1.29, 1.82) is 0 Å². The number of piperazine rings is 1. The smallest absolute Gasteiger partial charge is 0.253 e. The van der Waals surface area contributed by atoms with Gasteiger partial charge in [0.1, 0.15) is 6.33 Å². The summed E-state index contributed by atoms with van der Waals surface area (Å²) in [5.41, 5.74) is 5.46. The number of ketones is 1. The van der Waals surface area contributed by atoms with Crippen molar-refractivity contribution in [2.75, 3.05) is 31.1 Å². The Labute approximate surface area is 186 Å². The van der Waals surface area contributed by atoms with Crippen molar-refractivity contribution in [3.05, 3.63) is 90.3 Å². The highest BCUT2D eigenvalue weighted by Crippen LogP contribution is 2.21. The predicted octanol–water partition coefficient (Wildman–Crippen LogP) is 4.19. The summed E-state index contributed by atoms with van der Waals surface area (Å²) in [4.78, 5) is 33.1. The van der Waals surface area contributed by atoms with Gasteiger partial charge in [-0.2, -0.15) is 0 Å². The normalized spacial score (nSPS) is 14.0. The minimum absolute atomic E-state index is 0.0543. The van der Waals surface area contributed by atoms with Gasteiger partial charge in [0, 0.05) is 48.7 Å². The molecule has 0 atom stereocenters. The van der Waals surface area contributed by atoms with E-state index in [1.54, 1.807) is 6.92 Å². The Bertz CT molecular complexity index is 1270. The van der Waals surface area contributed by atoms with Gasteiger partial charge in [0.05, 0.1) is 11.0 Å². The summed E-state index contributed by atoms with van der Waals surface area (Å²) >= 11 is 0. The lowest BCUT2D eigenvalue weighted by Crippen LogP contribution is -2.48. The fourth-order valence-corrected chi connectivity index (χ4v) is 4.19. The molecule has 1 aliphatic rings. The molecule has 2 heterocycles. The zero-order valence-corrected chi connectivity index (χ0v) is 17.9. The quantitative estimate of drug-likeness (QED) is 0.461. The number of benzene rings is 3. The zero-order valence-electron chi connectivity index (χ0n) is 17.9. The maximum Gasteiger partial charge on any atom is 0.253 e. The molecule has 0 aliphatic carbocycles. The molecule has 0 spiro atoms. The Morgan fingerprint density at radius 2 is 1.38 bits per heavy atom. The van der Waals surface area contributed by atoms with Gasteiger partial charge >= 0.3 is 0 Å². The molecule has 160 valence electrons. The molecule has 0 bridgehead atoms. The minimum atomic E-state index is 0.0543. The molecular formula is C26H24N4O2. The Morgan fingerprint density at radius 1 is 0.750 bits per heavy atom. The van der Waals surface area contributed by atoms with Gasteiger partial charge in [0.15, 0.2) is 5.78 Å². The van der Waals surface area contributed by atoms with E-state index < -0.39 is 0 Å². The van der Waals surface area contributed by atoms with Crippen LogP contribution in [0.2, 0.25) is 0 Å². The van der Waals surface area contributed by atoms with Crippen molar-refractivity contribution >= 4 is 28.4 Å². The second kappa shape index (κ2) is 8.30. The highest BCUT2D eigenvalue weighted by Gasteiger charge is 2.22. The number of aromatic nitrogens is 2. The fraction of sp³-hybridized carbons (Fsp3) is 0.192. The van der Waals surface area contributed by atoms with Crippen LogP contribution in [0.1, 0.15) is 27.6 Å². The molecule has 3 aromatic carbocycles. The van der Waals surface area contributed by atoms with Gasteiger partial charge in [-0.1, -0.05) is 12.1 Å². The SMILES string of the molecule is CC(=O)c1ccc(N2CCN(C(=O)c3ccc(-n4cnc5ccccc54)cc3)CC2)cc1. The number of hydrogen-bond acceptors (Lipinski definition) is 4. The third kappa shape index (κ3) is 3.75. The van der Waals surface area contributed by atoms with E-state index in [1.165, 1.54) is 0 Å². The molecule has 0 unspecified atom stereocenters. The summed E-state index contributed by atoms with van der Waals surface area (Å²) in [7, 11) is 0. The number of anilines is 1. The van der Waals surface area contributed by atoms with Crippen molar-refractivity contribution in [1.82, 2.24) is 14.5 Å². The van der Waals surface area contributed by atoms with Crippen LogP contribution >= 0.6 is 0 Å². The van der Waals surface area contributed by atoms with Gasteiger partial charge in [-0.3, -0.25) is 14.2 Å². The lowest BCUT2D eigenvalue weighted by Gasteiger charge is -2.36. The summed E-state index contributed by atoms with van der Waals surface area (Å²) < 4.78 is 2.03. The number of para-hydroxylation sites is 2. The van der Waals surface area contributed by atoms with Gasteiger partial charge < -0.3 is 9.80 Å². The van der Waals surface area contributed by atoms with E-state index in [4.69, 9.17) is 0 Å². The number of Topliss-reactive ketones (excluding diaryl/α,β-unsaturated/α-hetero) is 1. The second-order valence-electron chi connectivity index (χ2n) is 8.03. The molecule has 5 rings (SSSR count). The van der Waals surface area contributed by atoms with Crippen LogP contribution in [0.3, 0.4) is 0 Å². The van der Waals surface area contributed by atoms with Crippen LogP contribution in [0.4, 0.5) is 5.69 Å². The molecule has 4 aromatic rings. The third-order valence-electron chi connectivity index (χ3n) is 6.05. The Kier molecular flexibility index (Phi) is 5.19. The first-order valence-corrected chi connectivity index (χ1v) is 10.8. The van der Waals surface area contributed by atoms with Crippen LogP contribution in [-0.4, -0.2) is 52.3 Å². The van der Waals surface area contributed by atoms with Crippen molar-refractivity contribution in [3.63, 3.8) is 0 Å². The van der Waals surface area contributed by atoms with Gasteiger partial charge in [0.25, 0.3) is 5.91 Å². The number of hydrogen-bond donors (Lipinski definition) is 0. The standard InChI is InChI=1S/C26H24N4O2/c1-19(31)20-6-10-22(11-7-20)28-14-16-29(17-15-28)26(32)21-8-12-23(13-9-21)30-18-27-24-4-2-3-5-25(24)30/h2-13,18H,14-17H2,1H3. The molecule has 0 radical (unpaired) electrons. The molecule has 1 fully saturated rings. The Morgan fingerprint density at radius 3 is 2.06 bits per heavy atom. The van der Waals surface area contributed by atoms with Crippen LogP contribution in [0.15, 0.2) is 79.1 Å². The minimum Gasteiger partial charge on any atom is -0.368 e. The van der Waals surface area contributed by atoms with E-state index >= 15 is 0 Å².